The first-order valence-corrected chi connectivity index (χ1v) is 11.4. The highest BCUT2D eigenvalue weighted by Gasteiger charge is 2.25. The summed E-state index contributed by atoms with van der Waals surface area (Å²) >= 11 is 9.43. The van der Waals surface area contributed by atoms with Crippen LogP contribution in [0.3, 0.4) is 0 Å². The van der Waals surface area contributed by atoms with Crippen molar-refractivity contribution in [3.8, 4) is 0 Å². The van der Waals surface area contributed by atoms with E-state index in [1.165, 1.54) is 28.6 Å². The lowest BCUT2D eigenvalue weighted by molar-refractivity contribution is 0.102. The van der Waals surface area contributed by atoms with Crippen molar-refractivity contribution in [2.45, 2.75) is 30.6 Å². The van der Waals surface area contributed by atoms with E-state index in [1.807, 2.05) is 0 Å². The number of nitrogens with one attached hydrogen (secondary N) is 1. The van der Waals surface area contributed by atoms with Gasteiger partial charge in [0.15, 0.2) is 0 Å². The fraction of sp³-hybridized carbons (Fsp3) is 0.316. The fourth-order valence-electron chi connectivity index (χ4n) is 2.99. The predicted octanol–water partition coefficient (Wildman–Crippen LogP) is 4.92. The Kier molecular flexibility index (Phi) is 6.57. The molecule has 0 radical (unpaired) electrons. The summed E-state index contributed by atoms with van der Waals surface area (Å²) in [6.45, 7) is 1.10. The zero-order valence-electron chi connectivity index (χ0n) is 14.6. The molecule has 1 N–H and O–H groups in total. The largest absolute Gasteiger partial charge is 0.321 e. The molecule has 0 aromatic heterocycles. The first kappa shape index (κ1) is 20.3. The van der Waals surface area contributed by atoms with Gasteiger partial charge in [0, 0.05) is 23.1 Å². The second-order valence-electron chi connectivity index (χ2n) is 6.42. The maximum Gasteiger partial charge on any atom is 0.255 e. The minimum absolute atomic E-state index is 0.211. The van der Waals surface area contributed by atoms with Crippen LogP contribution in [0, 0.1) is 0 Å². The van der Waals surface area contributed by atoms with E-state index in [0.717, 1.165) is 30.2 Å². The third-order valence-electron chi connectivity index (χ3n) is 4.50. The van der Waals surface area contributed by atoms with Gasteiger partial charge >= 0.3 is 0 Å². The van der Waals surface area contributed by atoms with Crippen molar-refractivity contribution in [1.29, 1.82) is 0 Å². The average molecular weight is 472 g/mol. The zero-order chi connectivity index (χ0) is 19.4. The molecule has 1 amide bonds. The van der Waals surface area contributed by atoms with Crippen molar-refractivity contribution in [1.82, 2.24) is 4.31 Å². The van der Waals surface area contributed by atoms with Crippen LogP contribution in [0.25, 0.3) is 0 Å². The third-order valence-corrected chi connectivity index (χ3v) is 7.22. The molecule has 0 aliphatic carbocycles. The summed E-state index contributed by atoms with van der Waals surface area (Å²) in [4.78, 5) is 12.6. The number of hydrogen-bond acceptors (Lipinski definition) is 3. The lowest BCUT2D eigenvalue weighted by Gasteiger charge is -2.20. The number of sulfonamides is 1. The lowest BCUT2D eigenvalue weighted by Crippen LogP contribution is -2.31. The van der Waals surface area contributed by atoms with Crippen molar-refractivity contribution in [2.75, 3.05) is 18.4 Å². The molecule has 0 bridgehead atoms. The van der Waals surface area contributed by atoms with Gasteiger partial charge in [-0.2, -0.15) is 4.31 Å². The van der Waals surface area contributed by atoms with E-state index in [0.29, 0.717) is 29.4 Å². The molecular formula is C19H20BrClN2O3S. The Labute approximate surface area is 172 Å². The van der Waals surface area contributed by atoms with Crippen molar-refractivity contribution < 1.29 is 13.2 Å². The van der Waals surface area contributed by atoms with E-state index in [9.17, 15) is 13.2 Å². The maximum atomic E-state index is 12.8. The van der Waals surface area contributed by atoms with Crippen molar-refractivity contribution >= 4 is 49.1 Å². The monoisotopic (exact) mass is 470 g/mol. The Morgan fingerprint density at radius 3 is 2.22 bits per heavy atom. The first-order valence-electron chi connectivity index (χ1n) is 8.74. The second-order valence-corrected chi connectivity index (χ2v) is 9.68. The SMILES string of the molecule is O=C(Nc1ccc(Br)cc1Cl)c1ccc(S(=O)(=O)N2CCCCCC2)cc1. The highest BCUT2D eigenvalue weighted by atomic mass is 79.9. The van der Waals surface area contributed by atoms with E-state index in [2.05, 4.69) is 21.2 Å². The Balaban J connectivity index is 1.75. The van der Waals surface area contributed by atoms with Crippen LogP contribution in [-0.2, 0) is 10.0 Å². The molecule has 1 fully saturated rings. The number of rotatable bonds is 4. The highest BCUT2D eigenvalue weighted by molar-refractivity contribution is 9.10. The van der Waals surface area contributed by atoms with Crippen molar-refractivity contribution in [3.05, 3.63) is 57.5 Å². The van der Waals surface area contributed by atoms with Gasteiger partial charge < -0.3 is 5.32 Å². The molecular weight excluding hydrogens is 452 g/mol. The summed E-state index contributed by atoms with van der Waals surface area (Å²) in [6, 6.07) is 11.2. The number of anilines is 1. The van der Waals surface area contributed by atoms with Crippen LogP contribution in [0.15, 0.2) is 51.8 Å². The Morgan fingerprint density at radius 1 is 1.00 bits per heavy atom. The average Bonchev–Trinajstić information content (AvgIpc) is 2.94. The Bertz CT molecular complexity index is 924. The number of carbonyl (C=O) groups is 1. The molecule has 1 heterocycles. The summed E-state index contributed by atoms with van der Waals surface area (Å²) in [6.07, 6.45) is 3.88. The first-order chi connectivity index (χ1) is 12.9. The van der Waals surface area contributed by atoms with Crippen LogP contribution in [0.2, 0.25) is 5.02 Å². The number of nitrogens with zero attached hydrogens (tertiary/aromatic N) is 1. The molecule has 0 saturated carbocycles. The summed E-state index contributed by atoms with van der Waals surface area (Å²) in [5, 5.41) is 3.15. The van der Waals surface area contributed by atoms with Gasteiger partial charge in [-0.1, -0.05) is 40.4 Å². The van der Waals surface area contributed by atoms with Gasteiger partial charge in [0.2, 0.25) is 10.0 Å². The molecule has 27 heavy (non-hydrogen) atoms. The Hall–Kier alpha value is -1.41. The molecule has 1 saturated heterocycles. The normalized spacial score (nSPS) is 15.9. The molecule has 0 unspecified atom stereocenters. The zero-order valence-corrected chi connectivity index (χ0v) is 17.8. The van der Waals surface area contributed by atoms with E-state index >= 15 is 0 Å². The van der Waals surface area contributed by atoms with Crippen LogP contribution in [0.5, 0.6) is 0 Å². The summed E-state index contributed by atoms with van der Waals surface area (Å²) in [5.74, 6) is -0.349. The van der Waals surface area contributed by atoms with Gasteiger partial charge in [-0.3, -0.25) is 4.79 Å². The van der Waals surface area contributed by atoms with E-state index in [1.54, 1.807) is 18.2 Å². The van der Waals surface area contributed by atoms with Crippen LogP contribution < -0.4 is 5.32 Å². The number of hydrogen-bond donors (Lipinski definition) is 1. The van der Waals surface area contributed by atoms with E-state index < -0.39 is 10.0 Å². The maximum absolute atomic E-state index is 12.8. The van der Waals surface area contributed by atoms with Crippen LogP contribution in [0.1, 0.15) is 36.0 Å². The van der Waals surface area contributed by atoms with Gasteiger partial charge in [0.05, 0.1) is 15.6 Å². The summed E-state index contributed by atoms with van der Waals surface area (Å²) in [7, 11) is -3.52. The van der Waals surface area contributed by atoms with Gasteiger partial charge in [0.1, 0.15) is 0 Å². The van der Waals surface area contributed by atoms with Gasteiger partial charge in [-0.05, 0) is 55.3 Å². The quantitative estimate of drug-likeness (QED) is 0.688. The smallest absolute Gasteiger partial charge is 0.255 e. The molecule has 5 nitrogen and oxygen atoms in total. The number of amides is 1. The Morgan fingerprint density at radius 2 is 1.63 bits per heavy atom. The van der Waals surface area contributed by atoms with Crippen LogP contribution in [-0.4, -0.2) is 31.7 Å². The number of benzene rings is 2. The molecule has 3 rings (SSSR count). The number of carbonyl (C=O) groups excluding carboxylic acids is 1. The molecule has 1 aliphatic rings. The molecule has 2 aromatic carbocycles. The van der Waals surface area contributed by atoms with Gasteiger partial charge in [-0.25, -0.2) is 8.42 Å². The van der Waals surface area contributed by atoms with Crippen LogP contribution in [0.4, 0.5) is 5.69 Å². The summed E-state index contributed by atoms with van der Waals surface area (Å²) in [5.41, 5.74) is 0.856. The fourth-order valence-corrected chi connectivity index (χ4v) is 5.23. The summed E-state index contributed by atoms with van der Waals surface area (Å²) < 4.78 is 27.9. The van der Waals surface area contributed by atoms with E-state index in [4.69, 9.17) is 11.6 Å². The van der Waals surface area contributed by atoms with Gasteiger partial charge in [-0.15, -0.1) is 0 Å². The number of halogens is 2. The topological polar surface area (TPSA) is 66.5 Å². The molecule has 0 atom stereocenters. The second kappa shape index (κ2) is 8.73. The van der Waals surface area contributed by atoms with Gasteiger partial charge in [0.25, 0.3) is 5.91 Å². The predicted molar refractivity (Wildman–Crippen MR) is 111 cm³/mol. The minimum Gasteiger partial charge on any atom is -0.321 e. The molecule has 1 aliphatic heterocycles. The highest BCUT2D eigenvalue weighted by Crippen LogP contribution is 2.26. The van der Waals surface area contributed by atoms with Crippen LogP contribution >= 0.6 is 27.5 Å². The lowest BCUT2D eigenvalue weighted by atomic mass is 10.2. The molecule has 144 valence electrons. The van der Waals surface area contributed by atoms with Crippen molar-refractivity contribution in [2.24, 2.45) is 0 Å². The molecule has 8 heteroatoms. The third kappa shape index (κ3) is 4.90. The minimum atomic E-state index is -3.52. The molecule has 0 spiro atoms. The molecule has 2 aromatic rings. The van der Waals surface area contributed by atoms with Crippen molar-refractivity contribution in [3.63, 3.8) is 0 Å². The standard InChI is InChI=1S/C19H20BrClN2O3S/c20-15-7-10-18(17(21)13-15)22-19(24)14-5-8-16(9-6-14)27(25,26)23-11-3-1-2-4-12-23/h5-10,13H,1-4,11-12H2,(H,22,24). The van der Waals surface area contributed by atoms with E-state index in [-0.39, 0.29) is 10.8 Å².